The lowest BCUT2D eigenvalue weighted by molar-refractivity contribution is -0.130. The van der Waals surface area contributed by atoms with Crippen LogP contribution in [-0.4, -0.2) is 35.9 Å². The minimum absolute atomic E-state index is 0. The van der Waals surface area contributed by atoms with Gasteiger partial charge in [0.1, 0.15) is 6.54 Å². The summed E-state index contributed by atoms with van der Waals surface area (Å²) < 4.78 is 0. The predicted octanol–water partition coefficient (Wildman–Crippen LogP) is 2.82. The smallest absolute Gasteiger partial charge is 0.244 e. The van der Waals surface area contributed by atoms with Crippen LogP contribution in [0.3, 0.4) is 0 Å². The number of aliphatic imine (C=N–C) groups is 1. The van der Waals surface area contributed by atoms with Gasteiger partial charge >= 0.3 is 0 Å². The molecule has 1 aliphatic carbocycles. The molecule has 0 atom stereocenters. The molecule has 3 N–H and O–H groups in total. The van der Waals surface area contributed by atoms with Crippen LogP contribution in [0.5, 0.6) is 0 Å². The summed E-state index contributed by atoms with van der Waals surface area (Å²) in [5.41, 5.74) is 8.57. The van der Waals surface area contributed by atoms with Gasteiger partial charge in [0.25, 0.3) is 0 Å². The normalized spacial score (nSPS) is 18.7. The standard InChI is InChI=1S/C19H28N4O.HI/c20-19(22-17-9-3-1-2-4-10-17)21-13-18(24)23-12-11-15-7-5-6-8-16(15)14-23;/h5-8,17H,1-4,9-14H2,(H3,20,21,22);1H. The Labute approximate surface area is 167 Å². The van der Waals surface area contributed by atoms with E-state index in [2.05, 4.69) is 28.5 Å². The Balaban J connectivity index is 0.00000225. The predicted molar refractivity (Wildman–Crippen MR) is 112 cm³/mol. The molecule has 3 rings (SSSR count). The second kappa shape index (κ2) is 9.99. The summed E-state index contributed by atoms with van der Waals surface area (Å²) >= 11 is 0. The Morgan fingerprint density at radius 2 is 1.84 bits per heavy atom. The van der Waals surface area contributed by atoms with Gasteiger partial charge in [-0.3, -0.25) is 4.79 Å². The van der Waals surface area contributed by atoms with Crippen LogP contribution in [0, 0.1) is 0 Å². The van der Waals surface area contributed by atoms with Crippen molar-refractivity contribution in [1.82, 2.24) is 10.2 Å². The zero-order chi connectivity index (χ0) is 16.8. The van der Waals surface area contributed by atoms with E-state index in [0.29, 0.717) is 18.5 Å². The Hall–Kier alpha value is -1.31. The number of rotatable bonds is 3. The van der Waals surface area contributed by atoms with Gasteiger partial charge in [0.15, 0.2) is 5.96 Å². The van der Waals surface area contributed by atoms with Crippen molar-refractivity contribution in [2.75, 3.05) is 13.1 Å². The van der Waals surface area contributed by atoms with Gasteiger partial charge in [-0.2, -0.15) is 0 Å². The number of benzene rings is 1. The molecule has 0 bridgehead atoms. The number of guanidine groups is 1. The first kappa shape index (κ1) is 20.0. The average Bonchev–Trinajstić information content (AvgIpc) is 2.88. The van der Waals surface area contributed by atoms with Crippen LogP contribution < -0.4 is 11.1 Å². The highest BCUT2D eigenvalue weighted by Crippen LogP contribution is 2.19. The minimum atomic E-state index is 0. The number of carbonyl (C=O) groups is 1. The van der Waals surface area contributed by atoms with Gasteiger partial charge in [0, 0.05) is 19.1 Å². The summed E-state index contributed by atoms with van der Waals surface area (Å²) in [5.74, 6) is 0.461. The van der Waals surface area contributed by atoms with E-state index in [-0.39, 0.29) is 36.4 Å². The topological polar surface area (TPSA) is 70.7 Å². The quantitative estimate of drug-likeness (QED) is 0.318. The van der Waals surface area contributed by atoms with Crippen LogP contribution in [-0.2, 0) is 17.8 Å². The highest BCUT2D eigenvalue weighted by atomic mass is 127. The summed E-state index contributed by atoms with van der Waals surface area (Å²) in [6, 6.07) is 8.73. The molecular weight excluding hydrogens is 427 g/mol. The van der Waals surface area contributed by atoms with Gasteiger partial charge in [-0.15, -0.1) is 24.0 Å². The minimum Gasteiger partial charge on any atom is -0.370 e. The molecule has 1 amide bonds. The van der Waals surface area contributed by atoms with Crippen LogP contribution in [0.1, 0.15) is 49.7 Å². The number of nitrogens with one attached hydrogen (secondary N) is 1. The Morgan fingerprint density at radius 1 is 1.16 bits per heavy atom. The molecule has 25 heavy (non-hydrogen) atoms. The van der Waals surface area contributed by atoms with E-state index in [1.165, 1.54) is 36.8 Å². The molecule has 0 spiro atoms. The first-order valence-electron chi connectivity index (χ1n) is 9.13. The molecule has 0 aromatic heterocycles. The van der Waals surface area contributed by atoms with Crippen molar-refractivity contribution in [3.8, 4) is 0 Å². The maximum absolute atomic E-state index is 12.4. The fraction of sp³-hybridized carbons (Fsp3) is 0.579. The highest BCUT2D eigenvalue weighted by molar-refractivity contribution is 14.0. The molecule has 6 heteroatoms. The van der Waals surface area contributed by atoms with Gasteiger partial charge in [0.2, 0.25) is 5.91 Å². The van der Waals surface area contributed by atoms with Crippen molar-refractivity contribution in [2.24, 2.45) is 10.7 Å². The van der Waals surface area contributed by atoms with Crippen molar-refractivity contribution >= 4 is 35.8 Å². The van der Waals surface area contributed by atoms with Crippen molar-refractivity contribution in [3.05, 3.63) is 35.4 Å². The van der Waals surface area contributed by atoms with Crippen molar-refractivity contribution in [3.63, 3.8) is 0 Å². The molecule has 2 aliphatic rings. The monoisotopic (exact) mass is 456 g/mol. The molecule has 1 saturated carbocycles. The molecule has 5 nitrogen and oxygen atoms in total. The number of carbonyl (C=O) groups excluding carboxylic acids is 1. The van der Waals surface area contributed by atoms with Crippen LogP contribution in [0.2, 0.25) is 0 Å². The SMILES string of the molecule is I.NC(=NCC(=O)N1CCc2ccccc2C1)NC1CCCCCC1. The summed E-state index contributed by atoms with van der Waals surface area (Å²) in [4.78, 5) is 18.5. The lowest BCUT2D eigenvalue weighted by atomic mass is 10.00. The van der Waals surface area contributed by atoms with Crippen LogP contribution in [0.4, 0.5) is 0 Å². The third-order valence-electron chi connectivity index (χ3n) is 5.08. The van der Waals surface area contributed by atoms with Gasteiger partial charge in [-0.1, -0.05) is 49.9 Å². The van der Waals surface area contributed by atoms with Gasteiger partial charge in [-0.25, -0.2) is 4.99 Å². The first-order valence-corrected chi connectivity index (χ1v) is 9.13. The molecule has 138 valence electrons. The number of hydrogen-bond donors (Lipinski definition) is 2. The van der Waals surface area contributed by atoms with Crippen molar-refractivity contribution in [2.45, 2.75) is 57.5 Å². The van der Waals surface area contributed by atoms with E-state index in [1.807, 2.05) is 11.0 Å². The molecule has 1 aliphatic heterocycles. The largest absolute Gasteiger partial charge is 0.370 e. The van der Waals surface area contributed by atoms with E-state index in [1.54, 1.807) is 0 Å². The van der Waals surface area contributed by atoms with E-state index in [4.69, 9.17) is 5.73 Å². The van der Waals surface area contributed by atoms with Crippen LogP contribution in [0.15, 0.2) is 29.3 Å². The zero-order valence-corrected chi connectivity index (χ0v) is 17.1. The van der Waals surface area contributed by atoms with Crippen LogP contribution >= 0.6 is 24.0 Å². The number of nitrogens with zero attached hydrogens (tertiary/aromatic N) is 2. The summed E-state index contributed by atoms with van der Waals surface area (Å²) in [6.45, 7) is 1.58. The number of halogens is 1. The average molecular weight is 456 g/mol. The molecule has 1 aromatic rings. The van der Waals surface area contributed by atoms with E-state index in [9.17, 15) is 4.79 Å². The lowest BCUT2D eigenvalue weighted by Gasteiger charge is -2.28. The fourth-order valence-corrected chi connectivity index (χ4v) is 3.64. The van der Waals surface area contributed by atoms with Gasteiger partial charge in [0.05, 0.1) is 0 Å². The highest BCUT2D eigenvalue weighted by Gasteiger charge is 2.20. The van der Waals surface area contributed by atoms with E-state index in [0.717, 1.165) is 25.8 Å². The molecule has 0 unspecified atom stereocenters. The fourth-order valence-electron chi connectivity index (χ4n) is 3.64. The second-order valence-electron chi connectivity index (χ2n) is 6.87. The molecule has 1 fully saturated rings. The number of fused-ring (bicyclic) bond motifs is 1. The second-order valence-corrected chi connectivity index (χ2v) is 6.87. The molecule has 1 heterocycles. The molecule has 0 saturated heterocycles. The van der Waals surface area contributed by atoms with Gasteiger partial charge < -0.3 is 16.0 Å². The first-order chi connectivity index (χ1) is 11.7. The number of hydrogen-bond acceptors (Lipinski definition) is 2. The van der Waals surface area contributed by atoms with Crippen molar-refractivity contribution < 1.29 is 4.79 Å². The lowest BCUT2D eigenvalue weighted by Crippen LogP contribution is -2.41. The number of nitrogens with two attached hydrogens (primary N) is 1. The summed E-state index contributed by atoms with van der Waals surface area (Å²) in [7, 11) is 0. The maximum atomic E-state index is 12.4. The molecule has 0 radical (unpaired) electrons. The Bertz CT molecular complexity index is 597. The third kappa shape index (κ3) is 5.87. The Morgan fingerprint density at radius 3 is 2.56 bits per heavy atom. The van der Waals surface area contributed by atoms with Gasteiger partial charge in [-0.05, 0) is 30.4 Å². The molecular formula is C19H29IN4O. The molecule has 1 aromatic carbocycles. The van der Waals surface area contributed by atoms with Crippen LogP contribution in [0.25, 0.3) is 0 Å². The third-order valence-corrected chi connectivity index (χ3v) is 5.08. The number of amides is 1. The summed E-state index contributed by atoms with van der Waals surface area (Å²) in [5, 5.41) is 3.29. The zero-order valence-electron chi connectivity index (χ0n) is 14.7. The van der Waals surface area contributed by atoms with E-state index >= 15 is 0 Å². The van der Waals surface area contributed by atoms with E-state index < -0.39 is 0 Å². The Kier molecular flexibility index (Phi) is 7.99. The summed E-state index contributed by atoms with van der Waals surface area (Å²) in [6.07, 6.45) is 8.32. The maximum Gasteiger partial charge on any atom is 0.244 e. The van der Waals surface area contributed by atoms with Crippen molar-refractivity contribution in [1.29, 1.82) is 0 Å².